The predicted octanol–water partition coefficient (Wildman–Crippen LogP) is -0.653. The summed E-state index contributed by atoms with van der Waals surface area (Å²) in [6, 6.07) is 0.0996. The molecule has 0 saturated carbocycles. The summed E-state index contributed by atoms with van der Waals surface area (Å²) in [6.07, 6.45) is 2.83. The van der Waals surface area contributed by atoms with E-state index in [1.807, 2.05) is 11.8 Å². The Morgan fingerprint density at radius 2 is 2.33 bits per heavy atom. The summed E-state index contributed by atoms with van der Waals surface area (Å²) >= 11 is 0. The lowest BCUT2D eigenvalue weighted by Gasteiger charge is -2.38. The van der Waals surface area contributed by atoms with E-state index in [0.29, 0.717) is 24.7 Å². The zero-order valence-electron chi connectivity index (χ0n) is 10.2. The summed E-state index contributed by atoms with van der Waals surface area (Å²) in [5.41, 5.74) is 5.87. The van der Waals surface area contributed by atoms with Crippen LogP contribution in [0, 0.1) is 5.41 Å². The molecule has 18 heavy (non-hydrogen) atoms. The largest absolute Gasteiger partial charge is 0.394 e. The number of aliphatic hydroxyl groups is 1. The standard InChI is InChI=1S/C11H17N5O2/c1-7-6-18-8(5-17)4-16(7)11-9(10(12)13)14-2-3-15-11/h2-3,7-8,17H,4-6H2,1H3,(H3,12,13). The second kappa shape index (κ2) is 5.28. The Bertz CT molecular complexity index is 439. The quantitative estimate of drug-likeness (QED) is 0.486. The van der Waals surface area contributed by atoms with Crippen molar-refractivity contribution >= 4 is 11.7 Å². The van der Waals surface area contributed by atoms with E-state index in [0.717, 1.165) is 0 Å². The van der Waals surface area contributed by atoms with Gasteiger partial charge in [-0.25, -0.2) is 9.97 Å². The van der Waals surface area contributed by atoms with Crippen molar-refractivity contribution in [1.82, 2.24) is 9.97 Å². The number of ether oxygens (including phenoxy) is 1. The number of hydrogen-bond acceptors (Lipinski definition) is 6. The maximum atomic E-state index is 9.17. The summed E-state index contributed by atoms with van der Waals surface area (Å²) in [5.74, 6) is 0.455. The van der Waals surface area contributed by atoms with Crippen LogP contribution in [-0.4, -0.2) is 52.8 Å². The van der Waals surface area contributed by atoms with Crippen molar-refractivity contribution in [3.05, 3.63) is 18.1 Å². The number of nitrogens with two attached hydrogens (primary N) is 1. The molecule has 2 rings (SSSR count). The first-order valence-electron chi connectivity index (χ1n) is 5.78. The molecule has 0 radical (unpaired) electrons. The van der Waals surface area contributed by atoms with Crippen LogP contribution in [0.4, 0.5) is 5.82 Å². The highest BCUT2D eigenvalue weighted by molar-refractivity contribution is 5.97. The maximum absolute atomic E-state index is 9.17. The van der Waals surface area contributed by atoms with Gasteiger partial charge < -0.3 is 20.5 Å². The molecule has 0 aromatic carbocycles. The highest BCUT2D eigenvalue weighted by Gasteiger charge is 2.28. The molecule has 1 saturated heterocycles. The van der Waals surface area contributed by atoms with Gasteiger partial charge in [-0.2, -0.15) is 0 Å². The number of aromatic nitrogens is 2. The Morgan fingerprint density at radius 1 is 1.61 bits per heavy atom. The van der Waals surface area contributed by atoms with Crippen molar-refractivity contribution in [2.75, 3.05) is 24.7 Å². The number of rotatable bonds is 3. The lowest BCUT2D eigenvalue weighted by molar-refractivity contribution is -0.0106. The van der Waals surface area contributed by atoms with Gasteiger partial charge in [0.05, 0.1) is 25.4 Å². The van der Waals surface area contributed by atoms with Crippen LogP contribution in [0.15, 0.2) is 12.4 Å². The fraction of sp³-hybridized carbons (Fsp3) is 0.545. The topological polar surface area (TPSA) is 108 Å². The molecule has 0 spiro atoms. The van der Waals surface area contributed by atoms with Crippen molar-refractivity contribution in [2.45, 2.75) is 19.1 Å². The second-order valence-electron chi connectivity index (χ2n) is 4.28. The zero-order valence-corrected chi connectivity index (χ0v) is 10.2. The van der Waals surface area contributed by atoms with Crippen LogP contribution in [0.3, 0.4) is 0 Å². The van der Waals surface area contributed by atoms with Gasteiger partial charge in [-0.3, -0.25) is 5.41 Å². The third-order valence-corrected chi connectivity index (χ3v) is 2.92. The second-order valence-corrected chi connectivity index (χ2v) is 4.28. The SMILES string of the molecule is CC1COC(CO)CN1c1nccnc1C(=N)N. The van der Waals surface area contributed by atoms with Gasteiger partial charge in [0.2, 0.25) is 0 Å². The van der Waals surface area contributed by atoms with E-state index in [2.05, 4.69) is 9.97 Å². The van der Waals surface area contributed by atoms with Crippen LogP contribution in [0.2, 0.25) is 0 Å². The molecule has 1 aromatic rings. The van der Waals surface area contributed by atoms with Gasteiger partial charge in [0.1, 0.15) is 11.5 Å². The van der Waals surface area contributed by atoms with Crippen LogP contribution in [-0.2, 0) is 4.74 Å². The summed E-state index contributed by atoms with van der Waals surface area (Å²) in [7, 11) is 0. The minimum Gasteiger partial charge on any atom is -0.394 e. The predicted molar refractivity (Wildman–Crippen MR) is 66.7 cm³/mol. The average Bonchev–Trinajstić information content (AvgIpc) is 2.39. The zero-order chi connectivity index (χ0) is 13.1. The van der Waals surface area contributed by atoms with Gasteiger partial charge in [0.25, 0.3) is 0 Å². The molecular formula is C11H17N5O2. The Labute approximate surface area is 105 Å². The van der Waals surface area contributed by atoms with Gasteiger partial charge >= 0.3 is 0 Å². The van der Waals surface area contributed by atoms with Crippen LogP contribution >= 0.6 is 0 Å². The molecule has 1 aliphatic rings. The molecule has 1 aromatic heterocycles. The molecule has 7 nitrogen and oxygen atoms in total. The molecule has 1 aliphatic heterocycles. The van der Waals surface area contributed by atoms with E-state index in [9.17, 15) is 0 Å². The van der Waals surface area contributed by atoms with Gasteiger partial charge in [-0.1, -0.05) is 0 Å². The van der Waals surface area contributed by atoms with Gasteiger partial charge in [0.15, 0.2) is 5.82 Å². The number of anilines is 1. The van der Waals surface area contributed by atoms with Crippen molar-refractivity contribution in [3.63, 3.8) is 0 Å². The fourth-order valence-corrected chi connectivity index (χ4v) is 1.95. The molecule has 0 amide bonds. The third-order valence-electron chi connectivity index (χ3n) is 2.92. The van der Waals surface area contributed by atoms with E-state index in [1.165, 1.54) is 6.20 Å². The minimum absolute atomic E-state index is 0.0428. The number of nitrogen functional groups attached to an aromatic ring is 1. The van der Waals surface area contributed by atoms with Crippen molar-refractivity contribution in [2.24, 2.45) is 5.73 Å². The lowest BCUT2D eigenvalue weighted by atomic mass is 10.2. The monoisotopic (exact) mass is 251 g/mol. The molecule has 1 fully saturated rings. The minimum atomic E-state index is -0.247. The third kappa shape index (κ3) is 2.41. The number of amidine groups is 1. The Morgan fingerprint density at radius 3 is 3.00 bits per heavy atom. The maximum Gasteiger partial charge on any atom is 0.158 e. The molecule has 2 unspecified atom stereocenters. The normalized spacial score (nSPS) is 24.0. The smallest absolute Gasteiger partial charge is 0.158 e. The van der Waals surface area contributed by atoms with E-state index >= 15 is 0 Å². The number of aliphatic hydroxyl groups excluding tert-OH is 1. The van der Waals surface area contributed by atoms with Crippen LogP contribution < -0.4 is 10.6 Å². The molecule has 4 N–H and O–H groups in total. The van der Waals surface area contributed by atoms with Gasteiger partial charge in [0, 0.05) is 18.9 Å². The number of morpholine rings is 1. The van der Waals surface area contributed by atoms with E-state index in [-0.39, 0.29) is 24.6 Å². The van der Waals surface area contributed by atoms with Crippen molar-refractivity contribution in [3.8, 4) is 0 Å². The molecule has 98 valence electrons. The Kier molecular flexibility index (Phi) is 3.73. The first kappa shape index (κ1) is 12.7. The number of hydrogen-bond donors (Lipinski definition) is 3. The molecule has 7 heteroatoms. The van der Waals surface area contributed by atoms with Gasteiger partial charge in [-0.05, 0) is 6.92 Å². The van der Waals surface area contributed by atoms with Crippen molar-refractivity contribution in [1.29, 1.82) is 5.41 Å². The summed E-state index contributed by atoms with van der Waals surface area (Å²) < 4.78 is 5.47. The summed E-state index contributed by atoms with van der Waals surface area (Å²) in [6.45, 7) is 2.96. The Balaban J connectivity index is 2.31. The van der Waals surface area contributed by atoms with Crippen LogP contribution in [0.5, 0.6) is 0 Å². The molecule has 0 bridgehead atoms. The molecular weight excluding hydrogens is 234 g/mol. The average molecular weight is 251 g/mol. The molecule has 2 atom stereocenters. The fourth-order valence-electron chi connectivity index (χ4n) is 1.95. The van der Waals surface area contributed by atoms with Crippen molar-refractivity contribution < 1.29 is 9.84 Å². The lowest BCUT2D eigenvalue weighted by Crippen LogP contribution is -2.50. The number of nitrogens with zero attached hydrogens (tertiary/aromatic N) is 3. The summed E-state index contributed by atoms with van der Waals surface area (Å²) in [4.78, 5) is 10.3. The first-order chi connectivity index (χ1) is 8.63. The van der Waals surface area contributed by atoms with Gasteiger partial charge in [-0.15, -0.1) is 0 Å². The van der Waals surface area contributed by atoms with E-state index < -0.39 is 0 Å². The number of nitrogens with one attached hydrogen (secondary N) is 1. The van der Waals surface area contributed by atoms with Crippen LogP contribution in [0.25, 0.3) is 0 Å². The molecule has 2 heterocycles. The van der Waals surface area contributed by atoms with E-state index in [1.54, 1.807) is 6.20 Å². The Hall–Kier alpha value is -1.73. The van der Waals surface area contributed by atoms with Crippen LogP contribution in [0.1, 0.15) is 12.6 Å². The highest BCUT2D eigenvalue weighted by Crippen LogP contribution is 2.21. The first-order valence-corrected chi connectivity index (χ1v) is 5.78. The summed E-state index contributed by atoms with van der Waals surface area (Å²) in [5, 5.41) is 16.7. The highest BCUT2D eigenvalue weighted by atomic mass is 16.5. The van der Waals surface area contributed by atoms with E-state index in [4.69, 9.17) is 21.0 Å². The molecule has 0 aliphatic carbocycles.